The number of hydrogen-bond acceptors (Lipinski definition) is 7. The third-order valence-corrected chi connectivity index (χ3v) is 8.69. The first-order valence-corrected chi connectivity index (χ1v) is 14.4. The molecule has 2 aromatic carbocycles. The van der Waals surface area contributed by atoms with E-state index in [1.807, 2.05) is 42.5 Å². The van der Waals surface area contributed by atoms with E-state index in [1.165, 1.54) is 10.9 Å². The van der Waals surface area contributed by atoms with Gasteiger partial charge >= 0.3 is 0 Å². The van der Waals surface area contributed by atoms with Gasteiger partial charge in [-0.05, 0) is 42.5 Å². The summed E-state index contributed by atoms with van der Waals surface area (Å²) in [5, 5.41) is 16.5. The van der Waals surface area contributed by atoms with Gasteiger partial charge in [-0.2, -0.15) is 5.10 Å². The Kier molecular flexibility index (Phi) is 7.41. The first-order chi connectivity index (χ1) is 19.7. The number of likely N-dealkylation sites (tertiary alicyclic amines) is 1. The van der Waals surface area contributed by atoms with Gasteiger partial charge in [-0.15, -0.1) is 0 Å². The Balaban J connectivity index is 1.13. The van der Waals surface area contributed by atoms with Crippen LogP contribution in [0.4, 0.5) is 5.69 Å². The number of rotatable bonds is 7. The molecule has 1 amide bonds. The van der Waals surface area contributed by atoms with Gasteiger partial charge in [-0.1, -0.05) is 41.9 Å². The minimum absolute atomic E-state index is 0.138. The summed E-state index contributed by atoms with van der Waals surface area (Å²) in [6.07, 6.45) is 3.99. The number of aromatic nitrogens is 4. The lowest BCUT2D eigenvalue weighted by Gasteiger charge is -2.38. The number of amides is 1. The van der Waals surface area contributed by atoms with E-state index in [4.69, 9.17) is 17.3 Å². The Morgan fingerprint density at radius 3 is 2.46 bits per heavy atom. The quantitative estimate of drug-likeness (QED) is 0.347. The van der Waals surface area contributed by atoms with Crippen LogP contribution in [0.25, 0.3) is 22.3 Å². The van der Waals surface area contributed by atoms with Crippen molar-refractivity contribution in [2.45, 2.75) is 50.9 Å². The van der Waals surface area contributed by atoms with E-state index in [0.29, 0.717) is 56.0 Å². The van der Waals surface area contributed by atoms with E-state index in [2.05, 4.69) is 15.0 Å². The predicted octanol–water partition coefficient (Wildman–Crippen LogP) is 3.06. The number of halogens is 1. The van der Waals surface area contributed by atoms with Crippen LogP contribution >= 0.6 is 11.6 Å². The molecule has 0 spiro atoms. The Bertz CT molecular complexity index is 1660. The van der Waals surface area contributed by atoms with E-state index in [9.17, 15) is 14.7 Å². The van der Waals surface area contributed by atoms with Gasteiger partial charge in [0.05, 0.1) is 24.2 Å². The lowest BCUT2D eigenvalue weighted by Crippen LogP contribution is -2.47. The summed E-state index contributed by atoms with van der Waals surface area (Å²) in [6.45, 7) is 3.32. The number of nitrogens with zero attached hydrogens (tertiary/aromatic N) is 6. The average Bonchev–Trinajstić information content (AvgIpc) is 3.55. The van der Waals surface area contributed by atoms with Crippen LogP contribution in [-0.2, 0) is 31.5 Å². The van der Waals surface area contributed by atoms with Crippen LogP contribution < -0.4 is 16.2 Å². The van der Waals surface area contributed by atoms with Gasteiger partial charge in [-0.3, -0.25) is 23.7 Å². The van der Waals surface area contributed by atoms with Crippen molar-refractivity contribution >= 4 is 34.2 Å². The van der Waals surface area contributed by atoms with E-state index in [0.717, 1.165) is 41.0 Å². The summed E-state index contributed by atoms with van der Waals surface area (Å²) in [4.78, 5) is 34.1. The maximum absolute atomic E-state index is 13.4. The zero-order chi connectivity index (χ0) is 28.7. The van der Waals surface area contributed by atoms with Crippen molar-refractivity contribution in [3.8, 4) is 11.3 Å². The largest absolute Gasteiger partial charge is 0.388 e. The Hall–Kier alpha value is -3.57. The third-order valence-electron chi connectivity index (χ3n) is 8.34. The van der Waals surface area contributed by atoms with Crippen molar-refractivity contribution in [2.75, 3.05) is 24.5 Å². The van der Waals surface area contributed by atoms with Crippen LogP contribution in [0, 0.1) is 0 Å². The first-order valence-electron chi connectivity index (χ1n) is 14.0. The number of nitrogens with two attached hydrogens (primary N) is 1. The highest BCUT2D eigenvalue weighted by Gasteiger charge is 2.34. The topological polar surface area (TPSA) is 123 Å². The van der Waals surface area contributed by atoms with E-state index < -0.39 is 5.60 Å². The van der Waals surface area contributed by atoms with Gasteiger partial charge in [0.25, 0.3) is 5.56 Å². The zero-order valence-electron chi connectivity index (χ0n) is 23.1. The van der Waals surface area contributed by atoms with Gasteiger partial charge < -0.3 is 15.7 Å². The third kappa shape index (κ3) is 5.40. The minimum atomic E-state index is -1.03. The molecule has 214 valence electrons. The van der Waals surface area contributed by atoms with Gasteiger partial charge in [0.1, 0.15) is 5.52 Å². The van der Waals surface area contributed by atoms with E-state index >= 15 is 0 Å². The molecule has 0 saturated carbocycles. The molecule has 0 unspecified atom stereocenters. The summed E-state index contributed by atoms with van der Waals surface area (Å²) in [5.74, 6) is 0.138. The van der Waals surface area contributed by atoms with Gasteiger partial charge in [0.2, 0.25) is 5.91 Å². The van der Waals surface area contributed by atoms with Crippen LogP contribution in [0.15, 0.2) is 53.6 Å². The zero-order valence-corrected chi connectivity index (χ0v) is 23.8. The normalized spacial score (nSPS) is 17.6. The molecule has 4 heterocycles. The summed E-state index contributed by atoms with van der Waals surface area (Å²) in [6, 6.07) is 13.6. The molecule has 6 rings (SSSR count). The standard InChI is InChI=1S/C30H34ClN7O3/c1-35-28(21-6-4-20(16-32)5-7-21)26-27(34-35)29(40)37(19-33-26)18-30(41)10-13-36(14-11-30)17-22-8-9-23(15-24(22)31)38-12-2-3-25(38)39/h4-9,15,19,41H,2-3,10-14,16-18,32H2,1H3. The fourth-order valence-corrected chi connectivity index (χ4v) is 6.16. The monoisotopic (exact) mass is 575 g/mol. The smallest absolute Gasteiger partial charge is 0.281 e. The molecule has 2 saturated heterocycles. The number of piperidine rings is 1. The highest BCUT2D eigenvalue weighted by atomic mass is 35.5. The van der Waals surface area contributed by atoms with Crippen LogP contribution in [0.1, 0.15) is 36.8 Å². The number of carbonyl (C=O) groups is 1. The Morgan fingerprint density at radius 2 is 1.80 bits per heavy atom. The molecule has 4 aromatic rings. The number of fused-ring (bicyclic) bond motifs is 1. The Labute approximate surface area is 242 Å². The van der Waals surface area contributed by atoms with Crippen LogP contribution in [-0.4, -0.2) is 60.5 Å². The number of anilines is 1. The molecule has 2 aromatic heterocycles. The highest BCUT2D eigenvalue weighted by Crippen LogP contribution is 2.31. The van der Waals surface area contributed by atoms with Crippen LogP contribution in [0.2, 0.25) is 5.02 Å². The van der Waals surface area contributed by atoms with Gasteiger partial charge in [-0.25, -0.2) is 4.98 Å². The molecule has 41 heavy (non-hydrogen) atoms. The molecule has 10 nitrogen and oxygen atoms in total. The first kappa shape index (κ1) is 27.6. The fourth-order valence-electron chi connectivity index (χ4n) is 5.93. The molecule has 11 heteroatoms. The lowest BCUT2D eigenvalue weighted by atomic mass is 9.91. The SMILES string of the molecule is Cn1nc2c(=O)n(CC3(O)CCN(Cc4ccc(N5CCCC5=O)cc4Cl)CC3)cnc2c1-c1ccc(CN)cc1. The molecule has 2 fully saturated rings. The summed E-state index contributed by atoms with van der Waals surface area (Å²) < 4.78 is 3.15. The second-order valence-electron chi connectivity index (χ2n) is 11.2. The number of aliphatic hydroxyl groups is 1. The maximum Gasteiger partial charge on any atom is 0.281 e. The van der Waals surface area contributed by atoms with Crippen molar-refractivity contribution in [3.63, 3.8) is 0 Å². The van der Waals surface area contributed by atoms with Gasteiger partial charge in [0, 0.05) is 62.5 Å². The van der Waals surface area contributed by atoms with E-state index in [1.54, 1.807) is 16.6 Å². The number of carbonyl (C=O) groups excluding carboxylic acids is 1. The molecule has 0 radical (unpaired) electrons. The van der Waals surface area contributed by atoms with Crippen molar-refractivity contribution in [2.24, 2.45) is 12.8 Å². The molecule has 0 atom stereocenters. The van der Waals surface area contributed by atoms with Crippen molar-refractivity contribution in [1.82, 2.24) is 24.2 Å². The van der Waals surface area contributed by atoms with E-state index in [-0.39, 0.29) is 23.5 Å². The molecule has 3 N–H and O–H groups in total. The summed E-state index contributed by atoms with van der Waals surface area (Å²) in [7, 11) is 1.80. The number of hydrogen-bond donors (Lipinski definition) is 2. The number of benzene rings is 2. The molecule has 0 bridgehead atoms. The Morgan fingerprint density at radius 1 is 1.05 bits per heavy atom. The van der Waals surface area contributed by atoms with Crippen molar-refractivity contribution < 1.29 is 9.90 Å². The van der Waals surface area contributed by atoms with Crippen LogP contribution in [0.5, 0.6) is 0 Å². The second-order valence-corrected chi connectivity index (χ2v) is 11.6. The maximum atomic E-state index is 13.4. The van der Waals surface area contributed by atoms with Crippen molar-refractivity contribution in [3.05, 3.63) is 75.3 Å². The highest BCUT2D eigenvalue weighted by molar-refractivity contribution is 6.31. The lowest BCUT2D eigenvalue weighted by molar-refractivity contribution is -0.117. The van der Waals surface area contributed by atoms with Crippen LogP contribution in [0.3, 0.4) is 0 Å². The van der Waals surface area contributed by atoms with Gasteiger partial charge in [0.15, 0.2) is 5.52 Å². The minimum Gasteiger partial charge on any atom is -0.388 e. The predicted molar refractivity (Wildman–Crippen MR) is 159 cm³/mol. The molecular weight excluding hydrogens is 542 g/mol. The summed E-state index contributed by atoms with van der Waals surface area (Å²) >= 11 is 6.60. The molecule has 2 aliphatic heterocycles. The second kappa shape index (κ2) is 11.0. The fraction of sp³-hybridized carbons (Fsp3) is 0.400. The summed E-state index contributed by atoms with van der Waals surface area (Å²) in [5.41, 5.74) is 9.76. The molecular formula is C30H34ClN7O3. The number of aryl methyl sites for hydroxylation is 1. The average molecular weight is 576 g/mol. The van der Waals surface area contributed by atoms with Crippen molar-refractivity contribution in [1.29, 1.82) is 0 Å². The molecule has 2 aliphatic rings. The molecule has 0 aliphatic carbocycles.